The van der Waals surface area contributed by atoms with E-state index in [4.69, 9.17) is 16.3 Å². The zero-order valence-electron chi connectivity index (χ0n) is 18.5. The molecule has 1 fully saturated rings. The van der Waals surface area contributed by atoms with E-state index in [-0.39, 0.29) is 12.0 Å². The first-order chi connectivity index (χ1) is 15.6. The molecule has 32 heavy (non-hydrogen) atoms. The number of halogens is 1. The summed E-state index contributed by atoms with van der Waals surface area (Å²) in [6.45, 7) is 1.22. The van der Waals surface area contributed by atoms with Crippen LogP contribution in [0.1, 0.15) is 42.0 Å². The van der Waals surface area contributed by atoms with Crippen molar-refractivity contribution in [2.24, 2.45) is 5.92 Å². The predicted octanol–water partition coefficient (Wildman–Crippen LogP) is 6.50. The molecule has 1 heterocycles. The number of hydrogen-bond acceptors (Lipinski definition) is 3. The topological polar surface area (TPSA) is 29.5 Å². The van der Waals surface area contributed by atoms with Crippen molar-refractivity contribution in [3.8, 4) is 5.75 Å². The van der Waals surface area contributed by atoms with Crippen LogP contribution < -0.4 is 4.74 Å². The molecule has 1 saturated heterocycles. The van der Waals surface area contributed by atoms with Crippen LogP contribution in [0.4, 0.5) is 0 Å². The zero-order chi connectivity index (χ0) is 22.3. The fraction of sp³-hybridized carbons (Fsp3) is 0.321. The minimum atomic E-state index is 0.103. The summed E-state index contributed by atoms with van der Waals surface area (Å²) in [5.41, 5.74) is 3.75. The molecule has 3 nitrogen and oxygen atoms in total. The van der Waals surface area contributed by atoms with E-state index in [1.165, 1.54) is 16.7 Å². The first-order valence-corrected chi connectivity index (χ1v) is 11.7. The van der Waals surface area contributed by atoms with Gasteiger partial charge in [-0.2, -0.15) is 0 Å². The number of hydrogen-bond donors (Lipinski definition) is 0. The summed E-state index contributed by atoms with van der Waals surface area (Å²) in [5.74, 6) is 1.31. The molecule has 4 rings (SSSR count). The van der Waals surface area contributed by atoms with E-state index >= 15 is 0 Å². The smallest absolute Gasteiger partial charge is 0.150 e. The van der Waals surface area contributed by atoms with E-state index < -0.39 is 0 Å². The Morgan fingerprint density at radius 2 is 1.66 bits per heavy atom. The molecule has 0 amide bonds. The lowest BCUT2D eigenvalue weighted by atomic mass is 9.83. The van der Waals surface area contributed by atoms with Crippen molar-refractivity contribution in [1.82, 2.24) is 4.90 Å². The molecule has 0 bridgehead atoms. The highest BCUT2D eigenvalue weighted by Crippen LogP contribution is 2.36. The maximum Gasteiger partial charge on any atom is 0.150 e. The number of methoxy groups -OCH3 is 1. The number of aryl methyl sites for hydroxylation is 1. The number of rotatable bonds is 8. The van der Waals surface area contributed by atoms with Crippen molar-refractivity contribution in [2.45, 2.75) is 38.3 Å². The molecule has 1 aliphatic heterocycles. The van der Waals surface area contributed by atoms with E-state index in [9.17, 15) is 4.79 Å². The molecule has 3 aromatic carbocycles. The fourth-order valence-corrected chi connectivity index (χ4v) is 4.75. The third kappa shape index (κ3) is 5.79. The van der Waals surface area contributed by atoms with Crippen molar-refractivity contribution in [2.75, 3.05) is 13.7 Å². The van der Waals surface area contributed by atoms with Gasteiger partial charge in [-0.15, -0.1) is 0 Å². The normalized spacial score (nSPS) is 19.1. The van der Waals surface area contributed by atoms with E-state index in [1.54, 1.807) is 7.11 Å². The fourth-order valence-electron chi connectivity index (χ4n) is 4.63. The van der Waals surface area contributed by atoms with Gasteiger partial charge in [0, 0.05) is 23.5 Å². The second-order valence-electron chi connectivity index (χ2n) is 8.60. The number of carbonyl (C=O) groups is 1. The van der Waals surface area contributed by atoms with Crippen molar-refractivity contribution in [3.05, 3.63) is 101 Å². The molecule has 1 aliphatic rings. The van der Waals surface area contributed by atoms with Crippen LogP contribution >= 0.6 is 11.6 Å². The summed E-state index contributed by atoms with van der Waals surface area (Å²) in [6.07, 6.45) is 3.84. The minimum Gasteiger partial charge on any atom is -0.497 e. The number of Topliss-reactive ketones (excluding diaryl/α,β-unsaturated/α-hetero) is 1. The summed E-state index contributed by atoms with van der Waals surface area (Å²) in [6, 6.07) is 26.9. The number of ketones is 1. The average Bonchev–Trinajstić information content (AvgIpc) is 2.82. The molecule has 0 saturated carbocycles. The first kappa shape index (κ1) is 22.6. The van der Waals surface area contributed by atoms with Gasteiger partial charge in [0.25, 0.3) is 0 Å². The third-order valence-corrected chi connectivity index (χ3v) is 6.68. The highest BCUT2D eigenvalue weighted by atomic mass is 35.5. The van der Waals surface area contributed by atoms with Gasteiger partial charge < -0.3 is 4.74 Å². The standard InChI is InChI=1S/C28H30ClNO2/c1-32-26-16-10-22(11-17-26)19-30-20-28(31)24(9-5-8-21-6-3-2-4-7-21)18-27(30)23-12-14-25(29)15-13-23/h2-4,6-7,10-17,24,27H,5,8-9,18-20H2,1H3. The van der Waals surface area contributed by atoms with Crippen LogP contribution in [0.25, 0.3) is 0 Å². The predicted molar refractivity (Wildman–Crippen MR) is 130 cm³/mol. The van der Waals surface area contributed by atoms with Crippen LogP contribution in [0.2, 0.25) is 5.02 Å². The van der Waals surface area contributed by atoms with E-state index in [0.29, 0.717) is 12.3 Å². The number of likely N-dealkylation sites (tertiary alicyclic amines) is 1. The van der Waals surface area contributed by atoms with Gasteiger partial charge >= 0.3 is 0 Å². The van der Waals surface area contributed by atoms with Crippen molar-refractivity contribution in [3.63, 3.8) is 0 Å². The molecule has 4 heteroatoms. The Labute approximate surface area is 196 Å². The van der Waals surface area contributed by atoms with E-state index in [2.05, 4.69) is 53.4 Å². The van der Waals surface area contributed by atoms with Gasteiger partial charge in [-0.05, 0) is 66.6 Å². The number of nitrogens with zero attached hydrogens (tertiary/aromatic N) is 1. The maximum atomic E-state index is 13.1. The minimum absolute atomic E-state index is 0.103. The van der Waals surface area contributed by atoms with E-state index in [1.807, 2.05) is 30.3 Å². The maximum absolute atomic E-state index is 13.1. The lowest BCUT2D eigenvalue weighted by Gasteiger charge is -2.39. The van der Waals surface area contributed by atoms with Crippen LogP contribution in [0.3, 0.4) is 0 Å². The molecule has 0 aliphatic carbocycles. The SMILES string of the molecule is COc1ccc(CN2CC(=O)C(CCCc3ccccc3)CC2c2ccc(Cl)cc2)cc1. The molecule has 0 radical (unpaired) electrons. The number of benzene rings is 3. The Morgan fingerprint density at radius 1 is 0.938 bits per heavy atom. The third-order valence-electron chi connectivity index (χ3n) is 6.42. The Hall–Kier alpha value is -2.62. The summed E-state index contributed by atoms with van der Waals surface area (Å²) >= 11 is 6.14. The van der Waals surface area contributed by atoms with Crippen LogP contribution in [0.5, 0.6) is 5.75 Å². The molecule has 0 N–H and O–H groups in total. The van der Waals surface area contributed by atoms with Crippen LogP contribution in [0.15, 0.2) is 78.9 Å². The van der Waals surface area contributed by atoms with E-state index in [0.717, 1.165) is 43.0 Å². The summed E-state index contributed by atoms with van der Waals surface area (Å²) in [5, 5.41) is 0.738. The van der Waals surface area contributed by atoms with Gasteiger partial charge in [-0.25, -0.2) is 0 Å². The monoisotopic (exact) mass is 447 g/mol. The van der Waals surface area contributed by atoms with Crippen molar-refractivity contribution in [1.29, 1.82) is 0 Å². The van der Waals surface area contributed by atoms with Crippen LogP contribution in [-0.2, 0) is 17.8 Å². The Bertz CT molecular complexity index is 1000. The van der Waals surface area contributed by atoms with Gasteiger partial charge in [0.1, 0.15) is 11.5 Å². The molecule has 166 valence electrons. The van der Waals surface area contributed by atoms with Gasteiger partial charge in [0.05, 0.1) is 13.7 Å². The quantitative estimate of drug-likeness (QED) is 0.394. The lowest BCUT2D eigenvalue weighted by Crippen LogP contribution is -2.42. The van der Waals surface area contributed by atoms with Crippen molar-refractivity contribution < 1.29 is 9.53 Å². The van der Waals surface area contributed by atoms with Gasteiger partial charge in [0.2, 0.25) is 0 Å². The van der Waals surface area contributed by atoms with Gasteiger partial charge in [-0.3, -0.25) is 9.69 Å². The van der Waals surface area contributed by atoms with Gasteiger partial charge in [0.15, 0.2) is 0 Å². The first-order valence-electron chi connectivity index (χ1n) is 11.3. The Balaban J connectivity index is 1.47. The second-order valence-corrected chi connectivity index (χ2v) is 9.03. The molecule has 0 spiro atoms. The molecular weight excluding hydrogens is 418 g/mol. The largest absolute Gasteiger partial charge is 0.497 e. The molecule has 0 aromatic heterocycles. The van der Waals surface area contributed by atoms with Crippen LogP contribution in [0, 0.1) is 5.92 Å². The Morgan fingerprint density at radius 3 is 2.34 bits per heavy atom. The number of ether oxygens (including phenoxy) is 1. The lowest BCUT2D eigenvalue weighted by molar-refractivity contribution is -0.129. The molecular formula is C28H30ClNO2. The highest BCUT2D eigenvalue weighted by Gasteiger charge is 2.34. The zero-order valence-corrected chi connectivity index (χ0v) is 19.3. The second kappa shape index (κ2) is 10.8. The Kier molecular flexibility index (Phi) is 7.62. The average molecular weight is 448 g/mol. The molecule has 3 aromatic rings. The highest BCUT2D eigenvalue weighted by molar-refractivity contribution is 6.30. The molecule has 2 atom stereocenters. The number of piperidine rings is 1. The summed E-state index contributed by atoms with van der Waals surface area (Å²) < 4.78 is 5.28. The van der Waals surface area contributed by atoms with Crippen LogP contribution in [-0.4, -0.2) is 24.3 Å². The summed E-state index contributed by atoms with van der Waals surface area (Å²) in [4.78, 5) is 15.4. The van der Waals surface area contributed by atoms with Crippen molar-refractivity contribution >= 4 is 17.4 Å². The molecule has 2 unspecified atom stereocenters. The number of carbonyl (C=O) groups excluding carboxylic acids is 1. The van der Waals surface area contributed by atoms with Gasteiger partial charge in [-0.1, -0.05) is 66.2 Å². The summed E-state index contributed by atoms with van der Waals surface area (Å²) in [7, 11) is 1.67.